The van der Waals surface area contributed by atoms with Crippen molar-refractivity contribution in [3.8, 4) is 0 Å². The van der Waals surface area contributed by atoms with Gasteiger partial charge in [0.1, 0.15) is 18.0 Å². The molecule has 0 bridgehead atoms. The summed E-state index contributed by atoms with van der Waals surface area (Å²) in [5.41, 5.74) is 1.26. The van der Waals surface area contributed by atoms with E-state index in [-0.39, 0.29) is 0 Å². The van der Waals surface area contributed by atoms with Gasteiger partial charge in [-0.2, -0.15) is 0 Å². The normalized spacial score (nSPS) is 22.0. The van der Waals surface area contributed by atoms with Crippen molar-refractivity contribution in [2.24, 2.45) is 5.92 Å². The smallest absolute Gasteiger partial charge is 0.134 e. The van der Waals surface area contributed by atoms with Gasteiger partial charge >= 0.3 is 0 Å². The summed E-state index contributed by atoms with van der Waals surface area (Å²) >= 11 is 0. The number of anilines is 2. The monoisotopic (exact) mass is 290 g/mol. The number of aromatic nitrogens is 2. The number of hydrogen-bond acceptors (Lipinski definition) is 4. The Balaban J connectivity index is 2.09. The number of rotatable bonds is 7. The summed E-state index contributed by atoms with van der Waals surface area (Å²) in [7, 11) is 0. The zero-order valence-electron chi connectivity index (χ0n) is 13.8. The first kappa shape index (κ1) is 16.1. The summed E-state index contributed by atoms with van der Waals surface area (Å²) in [6.45, 7) is 7.71. The van der Waals surface area contributed by atoms with Crippen molar-refractivity contribution in [3.63, 3.8) is 0 Å². The molecule has 0 atom stereocenters. The Kier molecular flexibility index (Phi) is 6.27. The van der Waals surface area contributed by atoms with Gasteiger partial charge in [-0.15, -0.1) is 0 Å². The quantitative estimate of drug-likeness (QED) is 0.788. The van der Waals surface area contributed by atoms with E-state index >= 15 is 0 Å². The molecule has 0 aliphatic heterocycles. The SMILES string of the molecule is CCCNc1ncnc(NC2CCC(C)CC2)c1CCC. The lowest BCUT2D eigenvalue weighted by Crippen LogP contribution is -2.26. The molecule has 4 nitrogen and oxygen atoms in total. The number of hydrogen-bond donors (Lipinski definition) is 2. The van der Waals surface area contributed by atoms with Crippen molar-refractivity contribution in [2.45, 2.75) is 71.8 Å². The molecule has 1 fully saturated rings. The van der Waals surface area contributed by atoms with Crippen LogP contribution < -0.4 is 10.6 Å². The van der Waals surface area contributed by atoms with E-state index in [0.29, 0.717) is 6.04 Å². The van der Waals surface area contributed by atoms with E-state index in [1.54, 1.807) is 6.33 Å². The zero-order chi connectivity index (χ0) is 15.1. The summed E-state index contributed by atoms with van der Waals surface area (Å²) in [6, 6.07) is 0.575. The second kappa shape index (κ2) is 8.20. The molecule has 118 valence electrons. The van der Waals surface area contributed by atoms with E-state index in [1.165, 1.54) is 31.2 Å². The molecular weight excluding hydrogens is 260 g/mol. The first-order chi connectivity index (χ1) is 10.2. The minimum atomic E-state index is 0.575. The number of nitrogens with one attached hydrogen (secondary N) is 2. The average Bonchev–Trinajstić information content (AvgIpc) is 2.50. The molecule has 1 heterocycles. The lowest BCUT2D eigenvalue weighted by Gasteiger charge is -2.28. The maximum absolute atomic E-state index is 4.52. The van der Waals surface area contributed by atoms with E-state index in [0.717, 1.165) is 43.4 Å². The van der Waals surface area contributed by atoms with Gasteiger partial charge in [0.15, 0.2) is 0 Å². The molecule has 2 rings (SSSR count). The fourth-order valence-corrected chi connectivity index (χ4v) is 3.02. The maximum Gasteiger partial charge on any atom is 0.134 e. The van der Waals surface area contributed by atoms with Gasteiger partial charge in [0.2, 0.25) is 0 Å². The Labute approximate surface area is 129 Å². The third-order valence-electron chi connectivity index (χ3n) is 4.34. The van der Waals surface area contributed by atoms with Crippen LogP contribution in [0, 0.1) is 5.92 Å². The molecule has 1 aliphatic carbocycles. The molecule has 0 aromatic carbocycles. The highest BCUT2D eigenvalue weighted by atomic mass is 15.1. The Morgan fingerprint density at radius 2 is 1.76 bits per heavy atom. The van der Waals surface area contributed by atoms with Crippen LogP contribution in [-0.4, -0.2) is 22.6 Å². The lowest BCUT2D eigenvalue weighted by molar-refractivity contribution is 0.360. The van der Waals surface area contributed by atoms with E-state index in [1.807, 2.05) is 0 Å². The van der Waals surface area contributed by atoms with Crippen LogP contribution in [0.25, 0.3) is 0 Å². The van der Waals surface area contributed by atoms with Crippen molar-refractivity contribution in [3.05, 3.63) is 11.9 Å². The van der Waals surface area contributed by atoms with Crippen LogP contribution in [0.3, 0.4) is 0 Å². The van der Waals surface area contributed by atoms with Gasteiger partial charge in [0.25, 0.3) is 0 Å². The van der Waals surface area contributed by atoms with Gasteiger partial charge in [-0.1, -0.05) is 27.2 Å². The van der Waals surface area contributed by atoms with Crippen LogP contribution in [0.15, 0.2) is 6.33 Å². The van der Waals surface area contributed by atoms with E-state index < -0.39 is 0 Å². The van der Waals surface area contributed by atoms with Gasteiger partial charge in [-0.05, 0) is 44.4 Å². The van der Waals surface area contributed by atoms with Crippen LogP contribution in [0.1, 0.15) is 64.9 Å². The van der Waals surface area contributed by atoms with Crippen molar-refractivity contribution >= 4 is 11.6 Å². The summed E-state index contributed by atoms with van der Waals surface area (Å²) in [5.74, 6) is 2.94. The first-order valence-corrected chi connectivity index (χ1v) is 8.58. The predicted molar refractivity (Wildman–Crippen MR) is 89.9 cm³/mol. The van der Waals surface area contributed by atoms with Crippen LogP contribution in [0.2, 0.25) is 0 Å². The molecule has 4 heteroatoms. The predicted octanol–water partition coefficient (Wildman–Crippen LogP) is 4.24. The van der Waals surface area contributed by atoms with Crippen molar-refractivity contribution in [1.29, 1.82) is 0 Å². The molecule has 0 saturated heterocycles. The summed E-state index contributed by atoms with van der Waals surface area (Å²) in [6.07, 6.45) is 10.1. The van der Waals surface area contributed by atoms with Gasteiger partial charge in [-0.3, -0.25) is 0 Å². The second-order valence-electron chi connectivity index (χ2n) is 6.33. The highest BCUT2D eigenvalue weighted by molar-refractivity contribution is 5.57. The third-order valence-corrected chi connectivity index (χ3v) is 4.34. The molecular formula is C17H30N4. The molecule has 1 aromatic heterocycles. The van der Waals surface area contributed by atoms with Gasteiger partial charge in [0.05, 0.1) is 0 Å². The average molecular weight is 290 g/mol. The fourth-order valence-electron chi connectivity index (χ4n) is 3.02. The van der Waals surface area contributed by atoms with E-state index in [4.69, 9.17) is 0 Å². The maximum atomic E-state index is 4.52. The van der Waals surface area contributed by atoms with Gasteiger partial charge in [-0.25, -0.2) is 9.97 Å². The Morgan fingerprint density at radius 3 is 2.43 bits per heavy atom. The summed E-state index contributed by atoms with van der Waals surface area (Å²) in [5, 5.41) is 7.12. The highest BCUT2D eigenvalue weighted by Gasteiger charge is 2.20. The Hall–Kier alpha value is -1.32. The molecule has 0 amide bonds. The fraction of sp³-hybridized carbons (Fsp3) is 0.765. The molecule has 0 radical (unpaired) electrons. The summed E-state index contributed by atoms with van der Waals surface area (Å²) in [4.78, 5) is 8.96. The van der Waals surface area contributed by atoms with Crippen LogP contribution in [-0.2, 0) is 6.42 Å². The second-order valence-corrected chi connectivity index (χ2v) is 6.33. The number of nitrogens with zero attached hydrogens (tertiary/aromatic N) is 2. The molecule has 21 heavy (non-hydrogen) atoms. The Morgan fingerprint density at radius 1 is 1.05 bits per heavy atom. The van der Waals surface area contributed by atoms with E-state index in [2.05, 4.69) is 41.4 Å². The van der Waals surface area contributed by atoms with Crippen molar-refractivity contribution in [2.75, 3.05) is 17.2 Å². The Bertz CT molecular complexity index is 425. The zero-order valence-corrected chi connectivity index (χ0v) is 13.8. The van der Waals surface area contributed by atoms with Gasteiger partial charge in [0, 0.05) is 18.2 Å². The molecule has 1 aliphatic rings. The van der Waals surface area contributed by atoms with E-state index in [9.17, 15) is 0 Å². The van der Waals surface area contributed by atoms with Gasteiger partial charge < -0.3 is 10.6 Å². The van der Waals surface area contributed by atoms with Crippen LogP contribution in [0.5, 0.6) is 0 Å². The summed E-state index contributed by atoms with van der Waals surface area (Å²) < 4.78 is 0. The molecule has 1 aromatic rings. The molecule has 0 spiro atoms. The lowest BCUT2D eigenvalue weighted by atomic mass is 9.87. The molecule has 0 unspecified atom stereocenters. The molecule has 2 N–H and O–H groups in total. The van der Waals surface area contributed by atoms with Crippen LogP contribution >= 0.6 is 0 Å². The van der Waals surface area contributed by atoms with Crippen LogP contribution in [0.4, 0.5) is 11.6 Å². The molecule has 1 saturated carbocycles. The standard InChI is InChI=1S/C17H30N4/c1-4-6-15-16(18-11-5-2)19-12-20-17(15)21-14-9-7-13(3)8-10-14/h12-14H,4-11H2,1-3H3,(H2,18,19,20,21). The minimum absolute atomic E-state index is 0.575. The highest BCUT2D eigenvalue weighted by Crippen LogP contribution is 2.28. The minimum Gasteiger partial charge on any atom is -0.370 e. The topological polar surface area (TPSA) is 49.8 Å². The van der Waals surface area contributed by atoms with Crippen molar-refractivity contribution in [1.82, 2.24) is 9.97 Å². The van der Waals surface area contributed by atoms with Crippen molar-refractivity contribution < 1.29 is 0 Å². The third kappa shape index (κ3) is 4.58. The largest absolute Gasteiger partial charge is 0.370 e. The first-order valence-electron chi connectivity index (χ1n) is 8.58.